The maximum atomic E-state index is 13.4. The summed E-state index contributed by atoms with van der Waals surface area (Å²) in [5.41, 5.74) is 3.64. The Morgan fingerprint density at radius 1 is 1.06 bits per heavy atom. The molecular formula is C25H21N3O4. The van der Waals surface area contributed by atoms with Gasteiger partial charge >= 0.3 is 0 Å². The van der Waals surface area contributed by atoms with Crippen molar-refractivity contribution in [3.63, 3.8) is 0 Å². The van der Waals surface area contributed by atoms with Crippen molar-refractivity contribution in [1.82, 2.24) is 0 Å². The summed E-state index contributed by atoms with van der Waals surface area (Å²) in [4.78, 5) is 24.6. The van der Waals surface area contributed by atoms with E-state index < -0.39 is 0 Å². The second-order valence-electron chi connectivity index (χ2n) is 7.15. The Labute approximate surface area is 185 Å². The lowest BCUT2D eigenvalue weighted by atomic mass is 10.00. The first-order chi connectivity index (χ1) is 15.5. The number of ether oxygens (including phenoxy) is 1. The van der Waals surface area contributed by atoms with Crippen LogP contribution in [0.1, 0.15) is 18.1 Å². The smallest absolute Gasteiger partial charge is 0.281 e. The molecule has 0 saturated carbocycles. The molecule has 1 aliphatic rings. The highest BCUT2D eigenvalue weighted by Gasteiger charge is 2.32. The molecule has 0 unspecified atom stereocenters. The van der Waals surface area contributed by atoms with Crippen molar-refractivity contribution >= 4 is 35.0 Å². The van der Waals surface area contributed by atoms with Crippen molar-refractivity contribution in [1.29, 1.82) is 0 Å². The summed E-state index contributed by atoms with van der Waals surface area (Å²) >= 11 is 0. The summed E-state index contributed by atoms with van der Waals surface area (Å²) in [6, 6.07) is 21.2. The molecule has 0 aliphatic carbocycles. The Morgan fingerprint density at radius 2 is 1.78 bits per heavy atom. The Kier molecular flexibility index (Phi) is 5.72. The van der Waals surface area contributed by atoms with Gasteiger partial charge in [-0.1, -0.05) is 36.4 Å². The summed E-state index contributed by atoms with van der Waals surface area (Å²) < 4.78 is 5.18. The van der Waals surface area contributed by atoms with Crippen LogP contribution in [0.5, 0.6) is 11.5 Å². The van der Waals surface area contributed by atoms with Crippen LogP contribution in [0.2, 0.25) is 0 Å². The Balaban J connectivity index is 1.76. The summed E-state index contributed by atoms with van der Waals surface area (Å²) in [6.45, 7) is 1.43. The van der Waals surface area contributed by atoms with Crippen LogP contribution >= 0.6 is 0 Å². The van der Waals surface area contributed by atoms with Gasteiger partial charge in [-0.25, -0.2) is 0 Å². The minimum Gasteiger partial charge on any atom is -0.504 e. The topological polar surface area (TPSA) is 91.2 Å². The lowest BCUT2D eigenvalue weighted by Gasteiger charge is -2.12. The third kappa shape index (κ3) is 4.22. The first-order valence-electron chi connectivity index (χ1n) is 9.91. The van der Waals surface area contributed by atoms with E-state index in [2.05, 4.69) is 10.4 Å². The number of methoxy groups -OCH3 is 1. The van der Waals surface area contributed by atoms with Crippen molar-refractivity contribution in [2.75, 3.05) is 17.4 Å². The second-order valence-corrected chi connectivity index (χ2v) is 7.15. The average molecular weight is 427 g/mol. The van der Waals surface area contributed by atoms with Crippen LogP contribution in [-0.4, -0.2) is 29.7 Å². The molecule has 0 aromatic heterocycles. The van der Waals surface area contributed by atoms with Gasteiger partial charge in [-0.3, -0.25) is 9.59 Å². The van der Waals surface area contributed by atoms with Crippen molar-refractivity contribution in [2.45, 2.75) is 6.92 Å². The van der Waals surface area contributed by atoms with Gasteiger partial charge in [0.25, 0.3) is 5.91 Å². The molecule has 0 fully saturated rings. The minimum atomic E-state index is -0.289. The summed E-state index contributed by atoms with van der Waals surface area (Å²) in [7, 11) is 1.47. The van der Waals surface area contributed by atoms with Crippen LogP contribution in [0.15, 0.2) is 83.5 Å². The van der Waals surface area contributed by atoms with Gasteiger partial charge in [-0.15, -0.1) is 0 Å². The van der Waals surface area contributed by atoms with Crippen molar-refractivity contribution in [3.8, 4) is 11.5 Å². The molecule has 4 rings (SSSR count). The highest BCUT2D eigenvalue weighted by molar-refractivity contribution is 6.37. The molecule has 1 aliphatic heterocycles. The highest BCUT2D eigenvalue weighted by Crippen LogP contribution is 2.31. The third-order valence-corrected chi connectivity index (χ3v) is 4.87. The monoisotopic (exact) mass is 427 g/mol. The van der Waals surface area contributed by atoms with Gasteiger partial charge in [0.1, 0.15) is 5.71 Å². The van der Waals surface area contributed by atoms with Crippen LogP contribution in [-0.2, 0) is 9.59 Å². The number of anilines is 2. The Morgan fingerprint density at radius 3 is 2.44 bits per heavy atom. The zero-order chi connectivity index (χ0) is 22.7. The van der Waals surface area contributed by atoms with Crippen LogP contribution in [0.3, 0.4) is 0 Å². The number of hydrogen-bond donors (Lipinski definition) is 2. The number of aromatic hydroxyl groups is 1. The summed E-state index contributed by atoms with van der Waals surface area (Å²) in [6.07, 6.45) is 1.72. The molecule has 3 aromatic carbocycles. The molecule has 0 radical (unpaired) electrons. The summed E-state index contributed by atoms with van der Waals surface area (Å²) in [5.74, 6) is -0.129. The van der Waals surface area contributed by atoms with Crippen LogP contribution in [0.25, 0.3) is 6.08 Å². The number of carbonyl (C=O) groups excluding carboxylic acids is 2. The molecule has 32 heavy (non-hydrogen) atoms. The van der Waals surface area contributed by atoms with Gasteiger partial charge in [-0.2, -0.15) is 10.1 Å². The minimum absolute atomic E-state index is 0.0187. The normalized spacial score (nSPS) is 14.4. The van der Waals surface area contributed by atoms with Crippen molar-refractivity contribution in [2.24, 2.45) is 5.10 Å². The van der Waals surface area contributed by atoms with Gasteiger partial charge in [0.15, 0.2) is 11.5 Å². The predicted octanol–water partition coefficient (Wildman–Crippen LogP) is 4.19. The Bertz CT molecular complexity index is 1230. The van der Waals surface area contributed by atoms with Gasteiger partial charge < -0.3 is 15.2 Å². The number of benzene rings is 3. The zero-order valence-corrected chi connectivity index (χ0v) is 17.6. The molecule has 7 heteroatoms. The van der Waals surface area contributed by atoms with Gasteiger partial charge in [0.2, 0.25) is 5.91 Å². The van der Waals surface area contributed by atoms with E-state index in [1.54, 1.807) is 42.5 Å². The lowest BCUT2D eigenvalue weighted by molar-refractivity contribution is -0.115. The first-order valence-corrected chi connectivity index (χ1v) is 9.91. The van der Waals surface area contributed by atoms with Gasteiger partial charge in [0, 0.05) is 18.2 Å². The zero-order valence-electron chi connectivity index (χ0n) is 17.6. The highest BCUT2D eigenvalue weighted by atomic mass is 16.5. The SMILES string of the molecule is COc1cc(/C=C2\C(=O)N(c3ccc(NC(C)=O)cc3)N=C2c2ccccc2)ccc1O. The molecule has 2 amide bonds. The fourth-order valence-corrected chi connectivity index (χ4v) is 3.37. The third-order valence-electron chi connectivity index (χ3n) is 4.87. The number of hydrogen-bond acceptors (Lipinski definition) is 5. The standard InChI is InChI=1S/C25H21N3O4/c1-16(29)26-19-9-11-20(12-10-19)28-25(31)21(24(27-28)18-6-4-3-5-7-18)14-17-8-13-22(30)23(15-17)32-2/h3-15,30H,1-2H3,(H,26,29)/b21-14-. The fourth-order valence-electron chi connectivity index (χ4n) is 3.37. The number of hydrazone groups is 1. The van der Waals surface area contributed by atoms with E-state index in [9.17, 15) is 14.7 Å². The van der Waals surface area contributed by atoms with E-state index in [1.807, 2.05) is 30.3 Å². The number of phenolic OH excluding ortho intramolecular Hbond substituents is 1. The molecule has 0 bridgehead atoms. The number of rotatable bonds is 5. The van der Waals surface area contributed by atoms with E-state index in [1.165, 1.54) is 25.1 Å². The van der Waals surface area contributed by atoms with E-state index in [-0.39, 0.29) is 17.6 Å². The van der Waals surface area contributed by atoms with E-state index >= 15 is 0 Å². The lowest BCUT2D eigenvalue weighted by Crippen LogP contribution is -2.21. The van der Waals surface area contributed by atoms with Crippen LogP contribution in [0.4, 0.5) is 11.4 Å². The quantitative estimate of drug-likeness (QED) is 0.597. The van der Waals surface area contributed by atoms with Gasteiger partial charge in [0.05, 0.1) is 18.4 Å². The molecule has 0 atom stereocenters. The van der Waals surface area contributed by atoms with Crippen molar-refractivity contribution in [3.05, 3.63) is 89.5 Å². The Hall–Kier alpha value is -4.39. The molecule has 7 nitrogen and oxygen atoms in total. The molecule has 2 N–H and O–H groups in total. The number of phenols is 1. The second kappa shape index (κ2) is 8.77. The molecule has 0 spiro atoms. The number of carbonyl (C=O) groups is 2. The maximum absolute atomic E-state index is 13.4. The number of amides is 2. The molecule has 0 saturated heterocycles. The van der Waals surface area contributed by atoms with Gasteiger partial charge in [-0.05, 0) is 48.0 Å². The first kappa shape index (κ1) is 20.9. The van der Waals surface area contributed by atoms with Crippen molar-refractivity contribution < 1.29 is 19.4 Å². The fraction of sp³-hybridized carbons (Fsp3) is 0.0800. The van der Waals surface area contributed by atoms with E-state index in [4.69, 9.17) is 4.74 Å². The molecular weight excluding hydrogens is 406 g/mol. The predicted molar refractivity (Wildman–Crippen MR) is 124 cm³/mol. The molecule has 1 heterocycles. The van der Waals surface area contributed by atoms with E-state index in [0.29, 0.717) is 34.0 Å². The maximum Gasteiger partial charge on any atom is 0.281 e. The summed E-state index contributed by atoms with van der Waals surface area (Å²) in [5, 5.41) is 18.5. The molecule has 3 aromatic rings. The average Bonchev–Trinajstić information content (AvgIpc) is 3.12. The largest absolute Gasteiger partial charge is 0.504 e. The van der Waals surface area contributed by atoms with Crippen LogP contribution < -0.4 is 15.1 Å². The van der Waals surface area contributed by atoms with Crippen LogP contribution in [0, 0.1) is 0 Å². The number of nitrogens with one attached hydrogen (secondary N) is 1. The number of nitrogens with zero attached hydrogens (tertiary/aromatic N) is 2. The van der Waals surface area contributed by atoms with E-state index in [0.717, 1.165) is 5.56 Å². The molecule has 160 valence electrons.